The summed E-state index contributed by atoms with van der Waals surface area (Å²) >= 11 is 0. The van der Waals surface area contributed by atoms with Crippen molar-refractivity contribution in [3.8, 4) is 0 Å². The molecule has 3 heterocycles. The SMILES string of the molecule is O=C1CC2(N1)[C@@H]1O[C@@H]1C(=O)[C@@H]1O[C@@H]12. The predicted molar refractivity (Wildman–Crippen MR) is 37.8 cm³/mol. The molecular formula is C8H7NO4. The third-order valence-corrected chi connectivity index (χ3v) is 3.38. The van der Waals surface area contributed by atoms with Crippen LogP contribution in [0.15, 0.2) is 0 Å². The maximum Gasteiger partial charge on any atom is 0.223 e. The molecule has 1 amide bonds. The van der Waals surface area contributed by atoms with Gasteiger partial charge in [-0.1, -0.05) is 0 Å². The molecular weight excluding hydrogens is 174 g/mol. The molecule has 68 valence electrons. The second-order valence-electron chi connectivity index (χ2n) is 4.12. The number of hydrogen-bond donors (Lipinski definition) is 1. The summed E-state index contributed by atoms with van der Waals surface area (Å²) in [6.45, 7) is 0. The van der Waals surface area contributed by atoms with Crippen molar-refractivity contribution < 1.29 is 19.1 Å². The molecule has 1 spiro atoms. The molecule has 5 nitrogen and oxygen atoms in total. The molecule has 1 unspecified atom stereocenters. The molecule has 1 N–H and O–H groups in total. The van der Waals surface area contributed by atoms with Gasteiger partial charge in [0.1, 0.15) is 30.0 Å². The first-order valence-corrected chi connectivity index (χ1v) is 4.38. The Morgan fingerprint density at radius 2 is 1.77 bits per heavy atom. The van der Waals surface area contributed by atoms with Crippen molar-refractivity contribution in [2.75, 3.05) is 0 Å². The molecule has 0 aromatic carbocycles. The summed E-state index contributed by atoms with van der Waals surface area (Å²) < 4.78 is 10.5. The van der Waals surface area contributed by atoms with Crippen LogP contribution in [0, 0.1) is 0 Å². The number of fused-ring (bicyclic) bond motifs is 4. The Balaban J connectivity index is 1.74. The largest absolute Gasteiger partial charge is 0.358 e. The second kappa shape index (κ2) is 1.53. The fraction of sp³-hybridized carbons (Fsp3) is 0.750. The molecule has 1 saturated carbocycles. The minimum atomic E-state index is -0.347. The highest BCUT2D eigenvalue weighted by Crippen LogP contribution is 2.54. The highest BCUT2D eigenvalue weighted by molar-refractivity contribution is 5.98. The first-order chi connectivity index (χ1) is 6.22. The van der Waals surface area contributed by atoms with Crippen LogP contribution < -0.4 is 5.32 Å². The quantitative estimate of drug-likeness (QED) is 0.359. The van der Waals surface area contributed by atoms with Crippen molar-refractivity contribution in [2.45, 2.75) is 36.4 Å². The summed E-state index contributed by atoms with van der Waals surface area (Å²) in [5.41, 5.74) is -0.347. The van der Waals surface area contributed by atoms with E-state index in [1.807, 2.05) is 0 Å². The molecule has 4 aliphatic rings. The molecule has 5 heteroatoms. The fourth-order valence-electron chi connectivity index (χ4n) is 2.61. The number of nitrogens with one attached hydrogen (secondary N) is 1. The van der Waals surface area contributed by atoms with Gasteiger partial charge in [0.15, 0.2) is 5.78 Å². The molecule has 3 aliphatic heterocycles. The summed E-state index contributed by atoms with van der Waals surface area (Å²) in [5.74, 6) is 0.0830. The van der Waals surface area contributed by atoms with E-state index in [0.29, 0.717) is 6.42 Å². The standard InChI is InChI=1S/C8H7NO4/c10-2-1-8(9-2)6-4(12-6)3(11)5-7(8)13-5/h4-7H,1H2,(H,9,10)/t4-,5+,6-,7+,8?. The number of β-lactam (4-membered cyclic amide) rings is 1. The van der Waals surface area contributed by atoms with Crippen molar-refractivity contribution in [1.82, 2.24) is 5.32 Å². The molecule has 0 aromatic rings. The molecule has 0 radical (unpaired) electrons. The van der Waals surface area contributed by atoms with Crippen LogP contribution in [0.25, 0.3) is 0 Å². The molecule has 3 saturated heterocycles. The number of amides is 1. The Labute approximate surface area is 73.4 Å². The molecule has 5 atom stereocenters. The molecule has 4 rings (SSSR count). The number of carbonyl (C=O) groups is 2. The summed E-state index contributed by atoms with van der Waals surface area (Å²) in [6.07, 6.45) is -0.376. The first-order valence-electron chi connectivity index (χ1n) is 4.38. The van der Waals surface area contributed by atoms with E-state index in [1.54, 1.807) is 0 Å². The first kappa shape index (κ1) is 6.50. The summed E-state index contributed by atoms with van der Waals surface area (Å²) in [6, 6.07) is 0. The van der Waals surface area contributed by atoms with E-state index in [2.05, 4.69) is 5.32 Å². The Kier molecular flexibility index (Phi) is 0.765. The number of Topliss-reactive ketones (excluding diaryl/α,β-unsaturated/α-hetero) is 1. The monoisotopic (exact) mass is 181 g/mol. The molecule has 13 heavy (non-hydrogen) atoms. The number of carbonyl (C=O) groups excluding carboxylic acids is 2. The average Bonchev–Trinajstić information content (AvgIpc) is 2.87. The molecule has 0 aromatic heterocycles. The number of ketones is 1. The molecule has 1 aliphatic carbocycles. The van der Waals surface area contributed by atoms with E-state index >= 15 is 0 Å². The van der Waals surface area contributed by atoms with Crippen molar-refractivity contribution in [3.63, 3.8) is 0 Å². The van der Waals surface area contributed by atoms with Gasteiger partial charge in [-0.2, -0.15) is 0 Å². The lowest BCUT2D eigenvalue weighted by Crippen LogP contribution is -2.70. The van der Waals surface area contributed by atoms with Gasteiger partial charge < -0.3 is 14.8 Å². The van der Waals surface area contributed by atoms with Crippen molar-refractivity contribution in [3.05, 3.63) is 0 Å². The molecule has 4 fully saturated rings. The summed E-state index contributed by atoms with van der Waals surface area (Å²) in [7, 11) is 0. The van der Waals surface area contributed by atoms with Crippen LogP contribution in [0.5, 0.6) is 0 Å². The van der Waals surface area contributed by atoms with Gasteiger partial charge in [0.2, 0.25) is 5.91 Å². The predicted octanol–water partition coefficient (Wildman–Crippen LogP) is -1.64. The smallest absolute Gasteiger partial charge is 0.223 e. The number of rotatable bonds is 0. The lowest BCUT2D eigenvalue weighted by atomic mass is 9.74. The van der Waals surface area contributed by atoms with Crippen molar-refractivity contribution in [1.29, 1.82) is 0 Å². The number of epoxide rings is 2. The van der Waals surface area contributed by atoms with Crippen LogP contribution in [0.4, 0.5) is 0 Å². The van der Waals surface area contributed by atoms with E-state index in [0.717, 1.165) is 0 Å². The van der Waals surface area contributed by atoms with Gasteiger partial charge >= 0.3 is 0 Å². The highest BCUT2D eigenvalue weighted by atomic mass is 16.6. The third kappa shape index (κ3) is 0.538. The van der Waals surface area contributed by atoms with Crippen LogP contribution >= 0.6 is 0 Å². The Morgan fingerprint density at radius 1 is 1.23 bits per heavy atom. The zero-order chi connectivity index (χ0) is 8.79. The zero-order valence-corrected chi connectivity index (χ0v) is 6.65. The van der Waals surface area contributed by atoms with Gasteiger partial charge in [0.05, 0.1) is 6.42 Å². The van der Waals surface area contributed by atoms with Gasteiger partial charge in [-0.3, -0.25) is 9.59 Å². The van der Waals surface area contributed by atoms with Gasteiger partial charge in [-0.05, 0) is 0 Å². The van der Waals surface area contributed by atoms with Crippen LogP contribution in [0.3, 0.4) is 0 Å². The maximum absolute atomic E-state index is 11.4. The van der Waals surface area contributed by atoms with Crippen LogP contribution in [0.1, 0.15) is 6.42 Å². The van der Waals surface area contributed by atoms with E-state index in [9.17, 15) is 9.59 Å². The lowest BCUT2D eigenvalue weighted by molar-refractivity contribution is -0.135. The summed E-state index contributed by atoms with van der Waals surface area (Å²) in [4.78, 5) is 22.2. The average molecular weight is 181 g/mol. The van der Waals surface area contributed by atoms with E-state index in [4.69, 9.17) is 9.47 Å². The number of ether oxygens (including phenoxy) is 2. The van der Waals surface area contributed by atoms with Crippen molar-refractivity contribution in [2.24, 2.45) is 0 Å². The highest BCUT2D eigenvalue weighted by Gasteiger charge is 2.79. The summed E-state index contributed by atoms with van der Waals surface area (Å²) in [5, 5.41) is 2.82. The normalized spacial score (nSPS) is 60.6. The minimum absolute atomic E-state index is 0.0258. The van der Waals surface area contributed by atoms with E-state index in [-0.39, 0.29) is 41.6 Å². The Morgan fingerprint density at radius 3 is 2.23 bits per heavy atom. The van der Waals surface area contributed by atoms with E-state index < -0.39 is 0 Å². The fourth-order valence-corrected chi connectivity index (χ4v) is 2.61. The van der Waals surface area contributed by atoms with Gasteiger partial charge in [-0.15, -0.1) is 0 Å². The van der Waals surface area contributed by atoms with Crippen LogP contribution in [-0.4, -0.2) is 41.6 Å². The van der Waals surface area contributed by atoms with Crippen molar-refractivity contribution >= 4 is 11.7 Å². The Hall–Kier alpha value is -0.940. The third-order valence-electron chi connectivity index (χ3n) is 3.38. The minimum Gasteiger partial charge on any atom is -0.358 e. The Bertz CT molecular complexity index is 322. The van der Waals surface area contributed by atoms with Gasteiger partial charge in [-0.25, -0.2) is 0 Å². The zero-order valence-electron chi connectivity index (χ0n) is 6.65. The van der Waals surface area contributed by atoms with Crippen LogP contribution in [-0.2, 0) is 19.1 Å². The van der Waals surface area contributed by atoms with Crippen LogP contribution in [0.2, 0.25) is 0 Å². The lowest BCUT2D eigenvalue weighted by Gasteiger charge is -2.41. The van der Waals surface area contributed by atoms with E-state index in [1.165, 1.54) is 0 Å². The molecule has 0 bridgehead atoms. The maximum atomic E-state index is 11.4. The second-order valence-corrected chi connectivity index (χ2v) is 4.12. The number of hydrogen-bond acceptors (Lipinski definition) is 4. The van der Waals surface area contributed by atoms with Gasteiger partial charge in [0, 0.05) is 0 Å². The van der Waals surface area contributed by atoms with Gasteiger partial charge in [0.25, 0.3) is 0 Å². The topological polar surface area (TPSA) is 71.2 Å².